The maximum atomic E-state index is 11.7. The smallest absolute Gasteiger partial charge is 0.336 e. The van der Waals surface area contributed by atoms with Crippen molar-refractivity contribution in [3.05, 3.63) is 57.0 Å². The molecule has 1 aromatic heterocycles. The highest BCUT2D eigenvalue weighted by Gasteiger charge is 2.20. The number of carboxylic acids is 1. The Kier molecular flexibility index (Phi) is 5.47. The number of aromatic nitrogens is 1. The minimum Gasteiger partial charge on any atom is -0.478 e. The van der Waals surface area contributed by atoms with Crippen LogP contribution in [0, 0.1) is 0 Å². The summed E-state index contributed by atoms with van der Waals surface area (Å²) in [6.07, 6.45) is 2.51. The SMILES string of the molecule is NCCCCc1c(-c2ccc(Br)cc2)[nH]c2c(Cl)ccc(C(=O)O)c12. The van der Waals surface area contributed by atoms with E-state index in [0.29, 0.717) is 22.5 Å². The summed E-state index contributed by atoms with van der Waals surface area (Å²) in [6.45, 7) is 0.614. The molecule has 0 amide bonds. The summed E-state index contributed by atoms with van der Waals surface area (Å²) in [4.78, 5) is 15.1. The van der Waals surface area contributed by atoms with Crippen molar-refractivity contribution in [2.45, 2.75) is 19.3 Å². The Balaban J connectivity index is 2.26. The first kappa shape index (κ1) is 18.0. The van der Waals surface area contributed by atoms with Crippen LogP contribution in [0.25, 0.3) is 22.2 Å². The largest absolute Gasteiger partial charge is 0.478 e. The molecule has 0 aliphatic heterocycles. The second kappa shape index (κ2) is 7.60. The Bertz CT molecular complexity index is 919. The topological polar surface area (TPSA) is 79.1 Å². The van der Waals surface area contributed by atoms with E-state index in [1.54, 1.807) is 12.1 Å². The summed E-state index contributed by atoms with van der Waals surface area (Å²) in [6, 6.07) is 11.1. The van der Waals surface area contributed by atoms with Crippen molar-refractivity contribution in [3.8, 4) is 11.3 Å². The van der Waals surface area contributed by atoms with E-state index in [2.05, 4.69) is 20.9 Å². The van der Waals surface area contributed by atoms with E-state index >= 15 is 0 Å². The van der Waals surface area contributed by atoms with Gasteiger partial charge in [-0.05, 0) is 61.2 Å². The first-order chi connectivity index (χ1) is 12.0. The number of aryl methyl sites for hydroxylation is 1. The van der Waals surface area contributed by atoms with Gasteiger partial charge in [-0.1, -0.05) is 39.7 Å². The van der Waals surface area contributed by atoms with Crippen LogP contribution in [0.4, 0.5) is 0 Å². The van der Waals surface area contributed by atoms with Crippen molar-refractivity contribution in [3.63, 3.8) is 0 Å². The molecular weight excluding hydrogens is 404 g/mol. The van der Waals surface area contributed by atoms with E-state index in [0.717, 1.165) is 40.6 Å². The molecule has 4 N–H and O–H groups in total. The van der Waals surface area contributed by atoms with E-state index in [4.69, 9.17) is 17.3 Å². The Morgan fingerprint density at radius 2 is 1.88 bits per heavy atom. The van der Waals surface area contributed by atoms with Crippen molar-refractivity contribution in [2.75, 3.05) is 6.54 Å². The van der Waals surface area contributed by atoms with E-state index < -0.39 is 5.97 Å². The lowest BCUT2D eigenvalue weighted by Gasteiger charge is -2.07. The molecule has 0 unspecified atom stereocenters. The number of H-pyrrole nitrogens is 1. The fourth-order valence-electron chi connectivity index (χ4n) is 3.08. The van der Waals surface area contributed by atoms with Gasteiger partial charge in [-0.2, -0.15) is 0 Å². The first-order valence-corrected chi connectivity index (χ1v) is 9.22. The number of hydrogen-bond donors (Lipinski definition) is 3. The van der Waals surface area contributed by atoms with Gasteiger partial charge in [-0.25, -0.2) is 4.79 Å². The van der Waals surface area contributed by atoms with E-state index in [-0.39, 0.29) is 5.56 Å². The van der Waals surface area contributed by atoms with Crippen LogP contribution < -0.4 is 5.73 Å². The normalized spacial score (nSPS) is 11.2. The number of fused-ring (bicyclic) bond motifs is 1. The molecule has 25 heavy (non-hydrogen) atoms. The summed E-state index contributed by atoms with van der Waals surface area (Å²) in [5, 5.41) is 10.8. The molecule has 3 rings (SSSR count). The highest BCUT2D eigenvalue weighted by molar-refractivity contribution is 9.10. The molecule has 0 fully saturated rings. The molecule has 0 bridgehead atoms. The zero-order chi connectivity index (χ0) is 18.0. The lowest BCUT2D eigenvalue weighted by Crippen LogP contribution is -2.01. The molecule has 0 aliphatic carbocycles. The first-order valence-electron chi connectivity index (χ1n) is 8.05. The van der Waals surface area contributed by atoms with Gasteiger partial charge in [-0.15, -0.1) is 0 Å². The van der Waals surface area contributed by atoms with Gasteiger partial charge in [0.25, 0.3) is 0 Å². The Morgan fingerprint density at radius 3 is 2.52 bits per heavy atom. The van der Waals surface area contributed by atoms with Gasteiger partial charge in [0.2, 0.25) is 0 Å². The van der Waals surface area contributed by atoms with Crippen LogP contribution in [0.15, 0.2) is 40.9 Å². The van der Waals surface area contributed by atoms with Gasteiger partial charge in [0.15, 0.2) is 0 Å². The molecule has 0 atom stereocenters. The van der Waals surface area contributed by atoms with Gasteiger partial charge in [0.05, 0.1) is 16.1 Å². The van der Waals surface area contributed by atoms with Gasteiger partial charge in [-0.3, -0.25) is 0 Å². The fraction of sp³-hybridized carbons (Fsp3) is 0.211. The Labute approximate surface area is 159 Å². The molecule has 130 valence electrons. The lowest BCUT2D eigenvalue weighted by atomic mass is 9.97. The van der Waals surface area contributed by atoms with Gasteiger partial charge in [0.1, 0.15) is 0 Å². The molecule has 0 aliphatic rings. The average Bonchev–Trinajstić information content (AvgIpc) is 2.96. The maximum Gasteiger partial charge on any atom is 0.336 e. The highest BCUT2D eigenvalue weighted by atomic mass is 79.9. The monoisotopic (exact) mass is 420 g/mol. The summed E-state index contributed by atoms with van der Waals surface area (Å²) in [5.74, 6) is -0.955. The zero-order valence-electron chi connectivity index (χ0n) is 13.5. The quantitative estimate of drug-likeness (QED) is 0.477. The zero-order valence-corrected chi connectivity index (χ0v) is 15.8. The molecule has 0 saturated carbocycles. The number of benzene rings is 2. The van der Waals surface area contributed by atoms with Crippen LogP contribution in [0.5, 0.6) is 0 Å². The maximum absolute atomic E-state index is 11.7. The standard InChI is InChI=1S/C19H18BrClN2O2/c20-12-6-4-11(5-7-12)17-13(3-1-2-10-22)16-14(19(24)25)8-9-15(21)18(16)23-17/h4-9,23H,1-3,10,22H2,(H,24,25). The molecule has 0 radical (unpaired) electrons. The number of carboxylic acid groups (broad SMARTS) is 1. The molecule has 2 aromatic carbocycles. The minimum atomic E-state index is -0.955. The van der Waals surface area contributed by atoms with Crippen LogP contribution in [-0.2, 0) is 6.42 Å². The Hall–Kier alpha value is -1.82. The molecule has 0 spiro atoms. The summed E-state index contributed by atoms with van der Waals surface area (Å²) < 4.78 is 0.987. The van der Waals surface area contributed by atoms with Crippen LogP contribution in [0.1, 0.15) is 28.8 Å². The van der Waals surface area contributed by atoms with Gasteiger partial charge < -0.3 is 15.8 Å². The second-order valence-corrected chi connectivity index (χ2v) is 7.20. The van der Waals surface area contributed by atoms with Crippen molar-refractivity contribution in [1.29, 1.82) is 0 Å². The second-order valence-electron chi connectivity index (χ2n) is 5.88. The summed E-state index contributed by atoms with van der Waals surface area (Å²) >= 11 is 9.78. The molecule has 1 heterocycles. The number of nitrogens with two attached hydrogens (primary N) is 1. The van der Waals surface area contributed by atoms with E-state index in [9.17, 15) is 9.90 Å². The predicted molar refractivity (Wildman–Crippen MR) is 105 cm³/mol. The highest BCUT2D eigenvalue weighted by Crippen LogP contribution is 2.37. The average molecular weight is 422 g/mol. The number of nitrogens with one attached hydrogen (secondary N) is 1. The summed E-state index contributed by atoms with van der Waals surface area (Å²) in [5.41, 5.74) is 9.44. The van der Waals surface area contributed by atoms with Crippen molar-refractivity contribution >= 4 is 44.4 Å². The van der Waals surface area contributed by atoms with Gasteiger partial charge in [0, 0.05) is 15.6 Å². The predicted octanol–water partition coefficient (Wildman–Crippen LogP) is 5.23. The third-order valence-electron chi connectivity index (χ3n) is 4.25. The van der Waals surface area contributed by atoms with E-state index in [1.165, 1.54) is 0 Å². The molecule has 3 aromatic rings. The molecular formula is C19H18BrClN2O2. The number of carbonyl (C=O) groups is 1. The fourth-order valence-corrected chi connectivity index (χ4v) is 3.54. The Morgan fingerprint density at radius 1 is 1.16 bits per heavy atom. The number of aromatic carboxylic acids is 1. The number of rotatable bonds is 6. The summed E-state index contributed by atoms with van der Waals surface area (Å²) in [7, 11) is 0. The number of unbranched alkanes of at least 4 members (excludes halogenated alkanes) is 1. The lowest BCUT2D eigenvalue weighted by molar-refractivity contribution is 0.0699. The minimum absolute atomic E-state index is 0.266. The van der Waals surface area contributed by atoms with Crippen LogP contribution in [-0.4, -0.2) is 22.6 Å². The van der Waals surface area contributed by atoms with Crippen molar-refractivity contribution in [2.24, 2.45) is 5.73 Å². The van der Waals surface area contributed by atoms with Crippen molar-refractivity contribution < 1.29 is 9.90 Å². The van der Waals surface area contributed by atoms with Gasteiger partial charge >= 0.3 is 5.97 Å². The molecule has 4 nitrogen and oxygen atoms in total. The third kappa shape index (κ3) is 3.59. The van der Waals surface area contributed by atoms with Crippen molar-refractivity contribution in [1.82, 2.24) is 4.98 Å². The number of aromatic amines is 1. The number of hydrogen-bond acceptors (Lipinski definition) is 2. The number of halogens is 2. The van der Waals surface area contributed by atoms with E-state index in [1.807, 2.05) is 24.3 Å². The molecule has 0 saturated heterocycles. The molecule has 6 heteroatoms. The van der Waals surface area contributed by atoms with Crippen LogP contribution in [0.2, 0.25) is 5.02 Å². The van der Waals surface area contributed by atoms with Crippen LogP contribution >= 0.6 is 27.5 Å². The van der Waals surface area contributed by atoms with Crippen LogP contribution in [0.3, 0.4) is 0 Å². The third-order valence-corrected chi connectivity index (χ3v) is 5.10.